The number of carbonyl (C=O) groups is 3. The van der Waals surface area contributed by atoms with Crippen molar-refractivity contribution in [2.24, 2.45) is 0 Å². The molecule has 0 bridgehead atoms. The van der Waals surface area contributed by atoms with Crippen molar-refractivity contribution in [1.29, 1.82) is 0 Å². The van der Waals surface area contributed by atoms with Crippen LogP contribution in [0.25, 0.3) is 11.1 Å². The summed E-state index contributed by atoms with van der Waals surface area (Å²) in [5, 5.41) is 14.4. The number of amides is 2. The van der Waals surface area contributed by atoms with Gasteiger partial charge in [-0.05, 0) is 54.7 Å². The van der Waals surface area contributed by atoms with Crippen molar-refractivity contribution in [2.75, 3.05) is 32.8 Å². The number of nitrogens with one attached hydrogen (secondary N) is 2. The van der Waals surface area contributed by atoms with E-state index in [1.807, 2.05) is 36.4 Å². The molecule has 1 unspecified atom stereocenters. The van der Waals surface area contributed by atoms with Crippen LogP contribution in [0.1, 0.15) is 50.2 Å². The van der Waals surface area contributed by atoms with Crippen molar-refractivity contribution in [2.45, 2.75) is 45.1 Å². The van der Waals surface area contributed by atoms with Gasteiger partial charge in [0, 0.05) is 18.9 Å². The number of hydrogen-bond acceptors (Lipinski definition) is 5. The highest BCUT2D eigenvalue weighted by molar-refractivity contribution is 5.86. The Morgan fingerprint density at radius 3 is 2.17 bits per heavy atom. The largest absolute Gasteiger partial charge is 0.481 e. The summed E-state index contributed by atoms with van der Waals surface area (Å²) in [7, 11) is 0. The molecule has 0 aliphatic heterocycles. The van der Waals surface area contributed by atoms with Gasteiger partial charge in [0.1, 0.15) is 12.6 Å². The van der Waals surface area contributed by atoms with Crippen molar-refractivity contribution < 1.29 is 24.2 Å². The van der Waals surface area contributed by atoms with E-state index in [0.717, 1.165) is 48.3 Å². The van der Waals surface area contributed by atoms with Gasteiger partial charge in [0.15, 0.2) is 0 Å². The fraction of sp³-hybridized carbons (Fsp3) is 0.444. The summed E-state index contributed by atoms with van der Waals surface area (Å²) in [5.74, 6) is -1.53. The Morgan fingerprint density at radius 2 is 1.60 bits per heavy atom. The summed E-state index contributed by atoms with van der Waals surface area (Å²) in [6.07, 6.45) is -0.215. The van der Waals surface area contributed by atoms with Crippen molar-refractivity contribution in [3.63, 3.8) is 0 Å². The Hall–Kier alpha value is -3.39. The zero-order chi connectivity index (χ0) is 25.2. The molecule has 0 saturated carbocycles. The number of carbonyl (C=O) groups excluding carboxylic acids is 2. The quantitative estimate of drug-likeness (QED) is 0.377. The lowest BCUT2D eigenvalue weighted by molar-refractivity contribution is -0.137. The maximum atomic E-state index is 12.7. The first-order valence-electron chi connectivity index (χ1n) is 12.3. The normalized spacial score (nSPS) is 13.1. The van der Waals surface area contributed by atoms with E-state index in [9.17, 15) is 14.4 Å². The van der Waals surface area contributed by atoms with E-state index in [-0.39, 0.29) is 25.4 Å². The highest BCUT2D eigenvalue weighted by Gasteiger charge is 2.30. The van der Waals surface area contributed by atoms with Gasteiger partial charge in [0.05, 0.1) is 0 Å². The Kier molecular flexibility index (Phi) is 9.66. The number of benzene rings is 2. The van der Waals surface area contributed by atoms with Crippen molar-refractivity contribution >= 4 is 18.0 Å². The monoisotopic (exact) mass is 481 g/mol. The number of ether oxygens (including phenoxy) is 1. The van der Waals surface area contributed by atoms with Crippen LogP contribution in [0.5, 0.6) is 0 Å². The highest BCUT2D eigenvalue weighted by Crippen LogP contribution is 2.44. The summed E-state index contributed by atoms with van der Waals surface area (Å²) in [6.45, 7) is 7.48. The van der Waals surface area contributed by atoms with E-state index in [2.05, 4.69) is 41.5 Å². The van der Waals surface area contributed by atoms with E-state index in [1.54, 1.807) is 0 Å². The third-order valence-corrected chi connectivity index (χ3v) is 6.44. The van der Waals surface area contributed by atoms with Gasteiger partial charge in [-0.25, -0.2) is 4.79 Å². The minimum absolute atomic E-state index is 0.0125. The van der Waals surface area contributed by atoms with Crippen LogP contribution in [0.4, 0.5) is 4.79 Å². The van der Waals surface area contributed by atoms with E-state index in [0.29, 0.717) is 6.54 Å². The molecule has 1 aliphatic rings. The summed E-state index contributed by atoms with van der Waals surface area (Å²) < 4.78 is 5.53. The van der Waals surface area contributed by atoms with E-state index in [1.165, 1.54) is 0 Å². The predicted octanol–water partition coefficient (Wildman–Crippen LogP) is 3.61. The fourth-order valence-electron chi connectivity index (χ4n) is 4.50. The van der Waals surface area contributed by atoms with Crippen molar-refractivity contribution in [3.05, 3.63) is 59.7 Å². The molecule has 0 spiro atoms. The Balaban J connectivity index is 1.56. The Morgan fingerprint density at radius 1 is 1.00 bits per heavy atom. The standard InChI is InChI=1S/C27H35N3O5/c1-3-30(4-2)17-9-16-28-26(33)24(14-15-25(31)32)29-27(34)35-18-23-21-12-7-5-10-19(21)20-11-6-8-13-22(20)23/h5-8,10-13,23-24H,3-4,9,14-18H2,1-2H3,(H,28,33)(H,29,34)(H,31,32). The first-order chi connectivity index (χ1) is 16.9. The maximum Gasteiger partial charge on any atom is 0.407 e. The smallest absolute Gasteiger partial charge is 0.407 e. The fourth-order valence-corrected chi connectivity index (χ4v) is 4.50. The molecule has 3 N–H and O–H groups in total. The zero-order valence-electron chi connectivity index (χ0n) is 20.5. The second-order valence-electron chi connectivity index (χ2n) is 8.63. The number of rotatable bonds is 13. The molecule has 1 aliphatic carbocycles. The summed E-state index contributed by atoms with van der Waals surface area (Å²) in [4.78, 5) is 38.6. The number of hydrogen-bond donors (Lipinski definition) is 3. The number of alkyl carbamates (subject to hydrolysis) is 1. The van der Waals surface area contributed by atoms with Crippen LogP contribution < -0.4 is 10.6 Å². The van der Waals surface area contributed by atoms with Gasteiger partial charge in [-0.15, -0.1) is 0 Å². The molecule has 2 amide bonds. The minimum Gasteiger partial charge on any atom is -0.481 e. The topological polar surface area (TPSA) is 108 Å². The second kappa shape index (κ2) is 12.9. The molecule has 0 fully saturated rings. The molecule has 2 aromatic carbocycles. The number of carboxylic acid groups (broad SMARTS) is 1. The van der Waals surface area contributed by atoms with Crippen LogP contribution in [0.15, 0.2) is 48.5 Å². The molecule has 0 heterocycles. The number of aliphatic carboxylic acids is 1. The van der Waals surface area contributed by atoms with Crippen molar-refractivity contribution in [3.8, 4) is 11.1 Å². The maximum absolute atomic E-state index is 12.7. The van der Waals surface area contributed by atoms with Crippen LogP contribution in [-0.2, 0) is 14.3 Å². The summed E-state index contributed by atoms with van der Waals surface area (Å²) in [6, 6.07) is 15.1. The average Bonchev–Trinajstić information content (AvgIpc) is 3.18. The SMILES string of the molecule is CCN(CC)CCCNC(=O)C(CCC(=O)O)NC(=O)OCC1c2ccccc2-c2ccccc21. The number of fused-ring (bicyclic) bond motifs is 3. The average molecular weight is 482 g/mol. The first-order valence-corrected chi connectivity index (χ1v) is 12.3. The molecule has 1 atom stereocenters. The molecule has 8 nitrogen and oxygen atoms in total. The molecule has 3 rings (SSSR count). The third kappa shape index (κ3) is 7.05. The van der Waals surface area contributed by atoms with Gasteiger partial charge < -0.3 is 25.4 Å². The molecule has 8 heteroatoms. The first kappa shape index (κ1) is 26.2. The van der Waals surface area contributed by atoms with Gasteiger partial charge in [0.2, 0.25) is 5.91 Å². The van der Waals surface area contributed by atoms with E-state index in [4.69, 9.17) is 9.84 Å². The van der Waals surface area contributed by atoms with Crippen LogP contribution in [0.2, 0.25) is 0 Å². The third-order valence-electron chi connectivity index (χ3n) is 6.44. The van der Waals surface area contributed by atoms with Crippen LogP contribution in [-0.4, -0.2) is 66.8 Å². The second-order valence-corrected chi connectivity index (χ2v) is 8.63. The molecular formula is C27H35N3O5. The van der Waals surface area contributed by atoms with Crippen LogP contribution in [0, 0.1) is 0 Å². The highest BCUT2D eigenvalue weighted by atomic mass is 16.5. The minimum atomic E-state index is -1.03. The lowest BCUT2D eigenvalue weighted by atomic mass is 9.98. The number of nitrogens with zero attached hydrogens (tertiary/aromatic N) is 1. The molecule has 0 aromatic heterocycles. The van der Waals surface area contributed by atoms with E-state index < -0.39 is 24.0 Å². The summed E-state index contributed by atoms with van der Waals surface area (Å²) in [5.41, 5.74) is 4.44. The number of carboxylic acids is 1. The van der Waals surface area contributed by atoms with Crippen LogP contribution >= 0.6 is 0 Å². The van der Waals surface area contributed by atoms with E-state index >= 15 is 0 Å². The molecular weight excluding hydrogens is 446 g/mol. The van der Waals surface area contributed by atoms with Gasteiger partial charge in [0.25, 0.3) is 0 Å². The van der Waals surface area contributed by atoms with Crippen LogP contribution in [0.3, 0.4) is 0 Å². The lowest BCUT2D eigenvalue weighted by Crippen LogP contribution is -2.47. The van der Waals surface area contributed by atoms with Gasteiger partial charge >= 0.3 is 12.1 Å². The Labute approximate surface area is 206 Å². The Bertz CT molecular complexity index is 976. The van der Waals surface area contributed by atoms with Gasteiger partial charge in [-0.3, -0.25) is 9.59 Å². The predicted molar refractivity (Wildman–Crippen MR) is 134 cm³/mol. The molecule has 35 heavy (non-hydrogen) atoms. The summed E-state index contributed by atoms with van der Waals surface area (Å²) >= 11 is 0. The molecule has 0 saturated heterocycles. The van der Waals surface area contributed by atoms with Gasteiger partial charge in [-0.2, -0.15) is 0 Å². The molecule has 0 radical (unpaired) electrons. The molecule has 188 valence electrons. The van der Waals surface area contributed by atoms with Crippen molar-refractivity contribution in [1.82, 2.24) is 15.5 Å². The molecule has 2 aromatic rings. The lowest BCUT2D eigenvalue weighted by Gasteiger charge is -2.20. The van der Waals surface area contributed by atoms with Gasteiger partial charge in [-0.1, -0.05) is 62.4 Å². The zero-order valence-corrected chi connectivity index (χ0v) is 20.5.